The monoisotopic (exact) mass is 415 g/mol. The lowest BCUT2D eigenvalue weighted by Gasteiger charge is -2.30. The van der Waals surface area contributed by atoms with Crippen LogP contribution >= 0.6 is 11.3 Å². The van der Waals surface area contributed by atoms with Crippen LogP contribution < -0.4 is 16.0 Å². The zero-order chi connectivity index (χ0) is 20.4. The molecule has 9 heteroatoms. The van der Waals surface area contributed by atoms with Crippen LogP contribution in [0.4, 0.5) is 25.2 Å². The maximum absolute atomic E-state index is 14.1. The van der Waals surface area contributed by atoms with Crippen molar-refractivity contribution >= 4 is 33.6 Å². The van der Waals surface area contributed by atoms with Gasteiger partial charge in [-0.1, -0.05) is 17.4 Å². The predicted molar refractivity (Wildman–Crippen MR) is 110 cm³/mol. The number of thiazole rings is 1. The molecule has 3 N–H and O–H groups in total. The number of benzene rings is 1. The molecule has 1 amide bonds. The lowest BCUT2D eigenvalue weighted by atomic mass is 10.1. The fourth-order valence-corrected chi connectivity index (χ4v) is 4.26. The number of rotatable bonds is 4. The van der Waals surface area contributed by atoms with Crippen molar-refractivity contribution < 1.29 is 13.6 Å². The van der Waals surface area contributed by atoms with Gasteiger partial charge in [0.25, 0.3) is 5.91 Å². The minimum atomic E-state index is -0.759. The SMILES string of the molecule is Nc1sc(-c2c(F)cccc2F)nc1C(=O)Nc1cnccc1N1CCCCC1. The summed E-state index contributed by atoms with van der Waals surface area (Å²) in [5.74, 6) is -2.07. The van der Waals surface area contributed by atoms with Crippen molar-refractivity contribution in [2.75, 3.05) is 29.0 Å². The molecule has 3 aromatic rings. The van der Waals surface area contributed by atoms with Crippen LogP contribution in [0.25, 0.3) is 10.6 Å². The average Bonchev–Trinajstić information content (AvgIpc) is 3.10. The van der Waals surface area contributed by atoms with Crippen LogP contribution in [0.2, 0.25) is 0 Å². The van der Waals surface area contributed by atoms with Crippen molar-refractivity contribution in [2.24, 2.45) is 0 Å². The summed E-state index contributed by atoms with van der Waals surface area (Å²) in [5.41, 5.74) is 7.00. The summed E-state index contributed by atoms with van der Waals surface area (Å²) >= 11 is 0.867. The largest absolute Gasteiger partial charge is 0.389 e. The molecular formula is C20H19F2N5OS. The molecule has 4 rings (SSSR count). The van der Waals surface area contributed by atoms with Gasteiger partial charge in [-0.2, -0.15) is 0 Å². The van der Waals surface area contributed by atoms with Gasteiger partial charge in [0.1, 0.15) is 21.6 Å². The van der Waals surface area contributed by atoms with Crippen LogP contribution in [0.15, 0.2) is 36.7 Å². The van der Waals surface area contributed by atoms with Crippen LogP contribution in [0.5, 0.6) is 0 Å². The molecule has 0 radical (unpaired) electrons. The van der Waals surface area contributed by atoms with Crippen LogP contribution in [-0.4, -0.2) is 29.0 Å². The van der Waals surface area contributed by atoms with Crippen molar-refractivity contribution in [3.63, 3.8) is 0 Å². The molecule has 0 atom stereocenters. The zero-order valence-corrected chi connectivity index (χ0v) is 16.3. The molecule has 1 saturated heterocycles. The van der Waals surface area contributed by atoms with E-state index in [0.717, 1.165) is 55.1 Å². The van der Waals surface area contributed by atoms with E-state index < -0.39 is 17.5 Å². The Morgan fingerprint density at radius 3 is 2.59 bits per heavy atom. The number of pyridine rings is 1. The number of nitrogens with zero attached hydrogens (tertiary/aromatic N) is 3. The molecule has 0 spiro atoms. The summed E-state index contributed by atoms with van der Waals surface area (Å²) in [4.78, 5) is 23.2. The van der Waals surface area contributed by atoms with E-state index >= 15 is 0 Å². The number of carbonyl (C=O) groups is 1. The molecular weight excluding hydrogens is 396 g/mol. The fourth-order valence-electron chi connectivity index (χ4n) is 3.38. The third-order valence-electron chi connectivity index (χ3n) is 4.79. The molecule has 29 heavy (non-hydrogen) atoms. The van der Waals surface area contributed by atoms with E-state index in [9.17, 15) is 13.6 Å². The third kappa shape index (κ3) is 3.91. The molecule has 0 aliphatic carbocycles. The van der Waals surface area contributed by atoms with Crippen molar-refractivity contribution in [2.45, 2.75) is 19.3 Å². The summed E-state index contributed by atoms with van der Waals surface area (Å²) < 4.78 is 28.1. The van der Waals surface area contributed by atoms with E-state index in [-0.39, 0.29) is 21.3 Å². The van der Waals surface area contributed by atoms with Gasteiger partial charge in [0.15, 0.2) is 5.69 Å². The van der Waals surface area contributed by atoms with Gasteiger partial charge < -0.3 is 16.0 Å². The number of hydrogen-bond donors (Lipinski definition) is 2. The second-order valence-corrected chi connectivity index (χ2v) is 7.75. The van der Waals surface area contributed by atoms with Crippen LogP contribution in [0, 0.1) is 11.6 Å². The molecule has 1 aliphatic heterocycles. The Balaban J connectivity index is 1.61. The molecule has 3 heterocycles. The average molecular weight is 415 g/mol. The number of nitrogen functional groups attached to an aromatic ring is 1. The first kappa shape index (κ1) is 19.3. The topological polar surface area (TPSA) is 84.1 Å². The number of halogens is 2. The van der Waals surface area contributed by atoms with Crippen molar-refractivity contribution in [1.82, 2.24) is 9.97 Å². The Hall–Kier alpha value is -3.07. The zero-order valence-electron chi connectivity index (χ0n) is 15.5. The van der Waals surface area contributed by atoms with Gasteiger partial charge >= 0.3 is 0 Å². The predicted octanol–water partition coefficient (Wildman–Crippen LogP) is 4.31. The van der Waals surface area contributed by atoms with Gasteiger partial charge in [0.05, 0.1) is 23.1 Å². The van der Waals surface area contributed by atoms with E-state index in [0.29, 0.717) is 5.69 Å². The summed E-state index contributed by atoms with van der Waals surface area (Å²) in [6, 6.07) is 5.39. The van der Waals surface area contributed by atoms with E-state index in [1.54, 1.807) is 12.4 Å². The molecule has 0 saturated carbocycles. The number of piperidine rings is 1. The van der Waals surface area contributed by atoms with E-state index in [4.69, 9.17) is 5.73 Å². The molecule has 150 valence electrons. The maximum atomic E-state index is 14.1. The summed E-state index contributed by atoms with van der Waals surface area (Å²) in [5, 5.41) is 2.90. The van der Waals surface area contributed by atoms with Crippen LogP contribution in [-0.2, 0) is 0 Å². The fraction of sp³-hybridized carbons (Fsp3) is 0.250. The highest BCUT2D eigenvalue weighted by molar-refractivity contribution is 7.19. The van der Waals surface area contributed by atoms with Gasteiger partial charge in [-0.25, -0.2) is 13.8 Å². The van der Waals surface area contributed by atoms with Gasteiger partial charge in [0.2, 0.25) is 0 Å². The Bertz CT molecular complexity index is 1030. The second kappa shape index (κ2) is 8.12. The van der Waals surface area contributed by atoms with E-state index in [2.05, 4.69) is 20.2 Å². The van der Waals surface area contributed by atoms with Gasteiger partial charge in [0, 0.05) is 19.3 Å². The van der Waals surface area contributed by atoms with Gasteiger partial charge in [-0.15, -0.1) is 0 Å². The van der Waals surface area contributed by atoms with Crippen LogP contribution in [0.3, 0.4) is 0 Å². The normalized spacial score (nSPS) is 14.1. The molecule has 2 aromatic heterocycles. The highest BCUT2D eigenvalue weighted by Crippen LogP contribution is 2.34. The Labute approximate surface area is 170 Å². The summed E-state index contributed by atoms with van der Waals surface area (Å²) in [6.07, 6.45) is 6.62. The molecule has 1 aromatic carbocycles. The highest BCUT2D eigenvalue weighted by Gasteiger charge is 2.23. The first-order valence-electron chi connectivity index (χ1n) is 9.25. The molecule has 1 aliphatic rings. The lowest BCUT2D eigenvalue weighted by Crippen LogP contribution is -2.30. The standard InChI is InChI=1S/C20H19F2N5OS/c21-12-5-4-6-13(22)16(12)20-26-17(18(23)29-20)19(28)25-14-11-24-8-7-15(14)27-9-2-1-3-10-27/h4-8,11H,1-3,9-10,23H2,(H,25,28). The van der Waals surface area contributed by atoms with Crippen LogP contribution in [0.1, 0.15) is 29.8 Å². The van der Waals surface area contributed by atoms with E-state index in [1.165, 1.54) is 12.5 Å². The third-order valence-corrected chi connectivity index (χ3v) is 5.69. The lowest BCUT2D eigenvalue weighted by molar-refractivity contribution is 0.102. The number of nitrogens with one attached hydrogen (secondary N) is 1. The van der Waals surface area contributed by atoms with Crippen molar-refractivity contribution in [1.29, 1.82) is 0 Å². The summed E-state index contributed by atoms with van der Waals surface area (Å²) in [7, 11) is 0. The van der Waals surface area contributed by atoms with Gasteiger partial charge in [-0.3, -0.25) is 9.78 Å². The Morgan fingerprint density at radius 2 is 1.86 bits per heavy atom. The number of anilines is 3. The molecule has 0 bridgehead atoms. The molecule has 6 nitrogen and oxygen atoms in total. The van der Waals surface area contributed by atoms with Crippen molar-refractivity contribution in [3.8, 4) is 10.6 Å². The Kier molecular flexibility index (Phi) is 5.39. The minimum absolute atomic E-state index is 0.0192. The summed E-state index contributed by atoms with van der Waals surface area (Å²) in [6.45, 7) is 1.81. The number of nitrogens with two attached hydrogens (primary N) is 1. The second-order valence-electron chi connectivity index (χ2n) is 6.72. The first-order chi connectivity index (χ1) is 14.0. The van der Waals surface area contributed by atoms with E-state index in [1.807, 2.05) is 6.07 Å². The highest BCUT2D eigenvalue weighted by atomic mass is 32.1. The smallest absolute Gasteiger partial charge is 0.277 e. The maximum Gasteiger partial charge on any atom is 0.277 e. The van der Waals surface area contributed by atoms with Crippen molar-refractivity contribution in [3.05, 3.63) is 54.0 Å². The number of hydrogen-bond acceptors (Lipinski definition) is 6. The molecule has 1 fully saturated rings. The molecule has 0 unspecified atom stereocenters. The number of aromatic nitrogens is 2. The van der Waals surface area contributed by atoms with Gasteiger partial charge in [-0.05, 0) is 37.5 Å². The quantitative estimate of drug-likeness (QED) is 0.663. The Morgan fingerprint density at radius 1 is 1.14 bits per heavy atom. The minimum Gasteiger partial charge on any atom is -0.389 e. The number of amides is 1. The first-order valence-corrected chi connectivity index (χ1v) is 10.1. The number of carbonyl (C=O) groups excluding carboxylic acids is 1.